The molecule has 1 aliphatic heterocycles. The van der Waals surface area contributed by atoms with Crippen LogP contribution >= 0.6 is 0 Å². The van der Waals surface area contributed by atoms with Gasteiger partial charge in [-0.1, -0.05) is 18.8 Å². The van der Waals surface area contributed by atoms with Gasteiger partial charge in [0.15, 0.2) is 0 Å². The summed E-state index contributed by atoms with van der Waals surface area (Å²) in [7, 11) is 0. The van der Waals surface area contributed by atoms with Gasteiger partial charge >= 0.3 is 0 Å². The molecule has 2 nitrogen and oxygen atoms in total. The molecule has 0 spiro atoms. The third-order valence-electron chi connectivity index (χ3n) is 3.90. The lowest BCUT2D eigenvalue weighted by atomic mass is 9.79. The average molecular weight is 206 g/mol. The SMILES string of the molecule is C#CCNC1CCCCC1C1CCCN1. The standard InChI is InChI=1S/C13H22N2/c1-2-9-14-12-7-4-3-6-11(12)13-8-5-10-15-13/h1,11-15H,3-10H2. The third kappa shape index (κ3) is 2.74. The van der Waals surface area contributed by atoms with Crippen LogP contribution in [-0.2, 0) is 0 Å². The Morgan fingerprint density at radius 1 is 1.20 bits per heavy atom. The average Bonchev–Trinajstić information content (AvgIpc) is 2.80. The molecule has 15 heavy (non-hydrogen) atoms. The minimum atomic E-state index is 0.658. The van der Waals surface area contributed by atoms with E-state index in [9.17, 15) is 0 Å². The highest BCUT2D eigenvalue weighted by atomic mass is 15.0. The summed E-state index contributed by atoms with van der Waals surface area (Å²) in [5.74, 6) is 3.51. The van der Waals surface area contributed by atoms with Crippen LogP contribution < -0.4 is 10.6 Å². The van der Waals surface area contributed by atoms with Crippen LogP contribution in [0.3, 0.4) is 0 Å². The van der Waals surface area contributed by atoms with E-state index < -0.39 is 0 Å². The molecule has 0 aromatic heterocycles. The zero-order valence-corrected chi connectivity index (χ0v) is 9.47. The largest absolute Gasteiger partial charge is 0.314 e. The quantitative estimate of drug-likeness (QED) is 0.684. The number of hydrogen-bond donors (Lipinski definition) is 2. The fourth-order valence-corrected chi connectivity index (χ4v) is 3.16. The molecule has 2 rings (SSSR count). The number of hydrogen-bond acceptors (Lipinski definition) is 2. The summed E-state index contributed by atoms with van der Waals surface area (Å²) >= 11 is 0. The lowest BCUT2D eigenvalue weighted by Gasteiger charge is -2.36. The van der Waals surface area contributed by atoms with Crippen LogP contribution in [0.1, 0.15) is 38.5 Å². The smallest absolute Gasteiger partial charge is 0.0576 e. The van der Waals surface area contributed by atoms with E-state index in [2.05, 4.69) is 16.6 Å². The summed E-state index contributed by atoms with van der Waals surface area (Å²) in [5, 5.41) is 7.16. The van der Waals surface area contributed by atoms with E-state index in [0.29, 0.717) is 6.04 Å². The first-order valence-corrected chi connectivity index (χ1v) is 6.32. The van der Waals surface area contributed by atoms with E-state index in [1.165, 1.54) is 45.1 Å². The molecule has 0 radical (unpaired) electrons. The van der Waals surface area contributed by atoms with Crippen molar-refractivity contribution in [3.63, 3.8) is 0 Å². The molecular weight excluding hydrogens is 184 g/mol. The summed E-state index contributed by atoms with van der Waals surface area (Å²) < 4.78 is 0. The second-order valence-corrected chi connectivity index (χ2v) is 4.84. The molecule has 2 aliphatic rings. The second-order valence-electron chi connectivity index (χ2n) is 4.84. The Hall–Kier alpha value is -0.520. The molecule has 3 atom stereocenters. The van der Waals surface area contributed by atoms with Crippen molar-refractivity contribution < 1.29 is 0 Å². The molecule has 1 saturated carbocycles. The van der Waals surface area contributed by atoms with Gasteiger partial charge in [-0.3, -0.25) is 0 Å². The molecule has 0 bridgehead atoms. The Balaban J connectivity index is 1.90. The molecular formula is C13H22N2. The number of terminal acetylenes is 1. The van der Waals surface area contributed by atoms with Gasteiger partial charge in [0.2, 0.25) is 0 Å². The van der Waals surface area contributed by atoms with E-state index in [0.717, 1.165) is 18.5 Å². The molecule has 0 aromatic rings. The molecule has 3 unspecified atom stereocenters. The summed E-state index contributed by atoms with van der Waals surface area (Å²) in [4.78, 5) is 0. The van der Waals surface area contributed by atoms with Crippen LogP contribution in [0.25, 0.3) is 0 Å². The van der Waals surface area contributed by atoms with Crippen molar-refractivity contribution in [2.24, 2.45) is 5.92 Å². The van der Waals surface area contributed by atoms with Crippen LogP contribution in [0.2, 0.25) is 0 Å². The zero-order valence-electron chi connectivity index (χ0n) is 9.47. The van der Waals surface area contributed by atoms with Crippen molar-refractivity contribution in [2.75, 3.05) is 13.1 Å². The molecule has 0 amide bonds. The molecule has 1 heterocycles. The van der Waals surface area contributed by atoms with Gasteiger partial charge in [0, 0.05) is 12.1 Å². The van der Waals surface area contributed by atoms with Crippen LogP contribution in [0.15, 0.2) is 0 Å². The predicted molar refractivity (Wildman–Crippen MR) is 63.6 cm³/mol. The molecule has 2 N–H and O–H groups in total. The first-order chi connectivity index (χ1) is 7.42. The van der Waals surface area contributed by atoms with Gasteiger partial charge in [0.25, 0.3) is 0 Å². The van der Waals surface area contributed by atoms with Crippen molar-refractivity contribution in [2.45, 2.75) is 50.6 Å². The fraction of sp³-hybridized carbons (Fsp3) is 0.846. The Morgan fingerprint density at radius 3 is 2.80 bits per heavy atom. The lowest BCUT2D eigenvalue weighted by Crippen LogP contribution is -2.47. The molecule has 2 heteroatoms. The fourth-order valence-electron chi connectivity index (χ4n) is 3.16. The lowest BCUT2D eigenvalue weighted by molar-refractivity contribution is 0.220. The van der Waals surface area contributed by atoms with E-state index >= 15 is 0 Å². The summed E-state index contributed by atoms with van der Waals surface area (Å²) in [5.41, 5.74) is 0. The van der Waals surface area contributed by atoms with E-state index in [4.69, 9.17) is 6.42 Å². The summed E-state index contributed by atoms with van der Waals surface area (Å²) in [6.07, 6.45) is 13.5. The highest BCUT2D eigenvalue weighted by molar-refractivity contribution is 4.95. The Labute approximate surface area is 93.2 Å². The molecule has 84 valence electrons. The minimum absolute atomic E-state index is 0.658. The van der Waals surface area contributed by atoms with Crippen molar-refractivity contribution in [1.29, 1.82) is 0 Å². The van der Waals surface area contributed by atoms with Crippen molar-refractivity contribution >= 4 is 0 Å². The molecule has 0 aromatic carbocycles. The molecule has 1 aliphatic carbocycles. The highest BCUT2D eigenvalue weighted by Gasteiger charge is 2.32. The first-order valence-electron chi connectivity index (χ1n) is 6.32. The van der Waals surface area contributed by atoms with Crippen LogP contribution in [0, 0.1) is 18.3 Å². The normalized spacial score (nSPS) is 36.3. The third-order valence-corrected chi connectivity index (χ3v) is 3.90. The predicted octanol–water partition coefficient (Wildman–Crippen LogP) is 1.52. The van der Waals surface area contributed by atoms with Gasteiger partial charge in [0.1, 0.15) is 0 Å². The van der Waals surface area contributed by atoms with Crippen molar-refractivity contribution in [1.82, 2.24) is 10.6 Å². The van der Waals surface area contributed by atoms with Crippen molar-refractivity contribution in [3.05, 3.63) is 0 Å². The van der Waals surface area contributed by atoms with Crippen LogP contribution in [0.5, 0.6) is 0 Å². The first kappa shape index (κ1) is 11.0. The minimum Gasteiger partial charge on any atom is -0.314 e. The maximum atomic E-state index is 5.32. The van der Waals surface area contributed by atoms with Gasteiger partial charge < -0.3 is 10.6 Å². The van der Waals surface area contributed by atoms with Crippen LogP contribution in [-0.4, -0.2) is 25.2 Å². The van der Waals surface area contributed by atoms with E-state index in [1.54, 1.807) is 0 Å². The Morgan fingerprint density at radius 2 is 2.07 bits per heavy atom. The molecule has 2 fully saturated rings. The highest BCUT2D eigenvalue weighted by Crippen LogP contribution is 2.30. The monoisotopic (exact) mass is 206 g/mol. The van der Waals surface area contributed by atoms with E-state index in [1.807, 2.05) is 0 Å². The summed E-state index contributed by atoms with van der Waals surface area (Å²) in [6.45, 7) is 1.94. The Kier molecular flexibility index (Phi) is 4.05. The maximum Gasteiger partial charge on any atom is 0.0576 e. The second kappa shape index (κ2) is 5.53. The van der Waals surface area contributed by atoms with Gasteiger partial charge in [-0.25, -0.2) is 0 Å². The maximum absolute atomic E-state index is 5.32. The van der Waals surface area contributed by atoms with Crippen LogP contribution in [0.4, 0.5) is 0 Å². The topological polar surface area (TPSA) is 24.1 Å². The zero-order chi connectivity index (χ0) is 10.5. The van der Waals surface area contributed by atoms with Gasteiger partial charge in [0.05, 0.1) is 6.54 Å². The van der Waals surface area contributed by atoms with Gasteiger partial charge in [-0.2, -0.15) is 0 Å². The Bertz CT molecular complexity index is 225. The number of nitrogens with one attached hydrogen (secondary N) is 2. The molecule has 1 saturated heterocycles. The number of rotatable bonds is 3. The van der Waals surface area contributed by atoms with Crippen molar-refractivity contribution in [3.8, 4) is 12.3 Å². The van der Waals surface area contributed by atoms with E-state index in [-0.39, 0.29) is 0 Å². The van der Waals surface area contributed by atoms with Gasteiger partial charge in [-0.05, 0) is 38.1 Å². The summed E-state index contributed by atoms with van der Waals surface area (Å²) in [6, 6.07) is 1.41. The van der Waals surface area contributed by atoms with Gasteiger partial charge in [-0.15, -0.1) is 6.42 Å².